The van der Waals surface area contributed by atoms with E-state index in [1.165, 1.54) is 38.5 Å². The van der Waals surface area contributed by atoms with Crippen molar-refractivity contribution in [2.75, 3.05) is 13.1 Å². The van der Waals surface area contributed by atoms with Crippen molar-refractivity contribution < 1.29 is 4.79 Å². The van der Waals surface area contributed by atoms with Gasteiger partial charge in [0, 0.05) is 13.1 Å². The number of unbranched alkanes of at least 4 members (excludes halogenated alkanes) is 6. The zero-order chi connectivity index (χ0) is 16.1. The first-order valence-electron chi connectivity index (χ1n) is 9.13. The minimum atomic E-state index is -0.657. The summed E-state index contributed by atoms with van der Waals surface area (Å²) < 4.78 is 0. The summed E-state index contributed by atoms with van der Waals surface area (Å²) in [4.78, 5) is 14.8. The molecular formula is C18H38N2O. The molecule has 0 unspecified atom stereocenters. The molecule has 0 atom stereocenters. The highest BCUT2D eigenvalue weighted by molar-refractivity contribution is 5.86. The van der Waals surface area contributed by atoms with Crippen LogP contribution in [0, 0.1) is 0 Å². The zero-order valence-corrected chi connectivity index (χ0v) is 14.9. The number of amides is 1. The second kappa shape index (κ2) is 12.0. The van der Waals surface area contributed by atoms with Gasteiger partial charge >= 0.3 is 0 Å². The van der Waals surface area contributed by atoms with Crippen molar-refractivity contribution in [3.8, 4) is 0 Å². The predicted octanol–water partition coefficient (Wildman–Crippen LogP) is 4.49. The minimum absolute atomic E-state index is 0.167. The smallest absolute Gasteiger partial charge is 0.242 e. The fraction of sp³-hybridized carbons (Fsp3) is 0.944. The van der Waals surface area contributed by atoms with Crippen LogP contribution in [0.4, 0.5) is 0 Å². The van der Waals surface area contributed by atoms with E-state index in [9.17, 15) is 4.79 Å². The van der Waals surface area contributed by atoms with Gasteiger partial charge in [-0.3, -0.25) is 4.79 Å². The largest absolute Gasteiger partial charge is 0.341 e. The molecule has 3 heteroatoms. The molecule has 0 spiro atoms. The van der Waals surface area contributed by atoms with Gasteiger partial charge in [0.25, 0.3) is 0 Å². The van der Waals surface area contributed by atoms with E-state index in [0.717, 1.165) is 38.8 Å². The normalized spacial score (nSPS) is 11.7. The van der Waals surface area contributed by atoms with Gasteiger partial charge < -0.3 is 10.6 Å². The maximum absolute atomic E-state index is 12.8. The Hall–Kier alpha value is -0.570. The van der Waals surface area contributed by atoms with E-state index in [1.807, 2.05) is 18.7 Å². The second-order valence-corrected chi connectivity index (χ2v) is 6.28. The molecule has 0 saturated heterocycles. The van der Waals surface area contributed by atoms with E-state index in [4.69, 9.17) is 5.73 Å². The Morgan fingerprint density at radius 2 is 1.24 bits per heavy atom. The Balaban J connectivity index is 4.50. The Morgan fingerprint density at radius 3 is 1.57 bits per heavy atom. The monoisotopic (exact) mass is 298 g/mol. The average molecular weight is 299 g/mol. The van der Waals surface area contributed by atoms with Gasteiger partial charge in [0.15, 0.2) is 0 Å². The lowest BCUT2D eigenvalue weighted by molar-refractivity contribution is -0.137. The summed E-state index contributed by atoms with van der Waals surface area (Å²) in [6.07, 6.45) is 11.1. The highest BCUT2D eigenvalue weighted by Crippen LogP contribution is 2.17. The van der Waals surface area contributed by atoms with Crippen LogP contribution in [-0.4, -0.2) is 29.4 Å². The standard InChI is InChI=1S/C18H38N2O/c1-5-9-11-13-15-20(16-14-12-10-6-2)17(21)18(19,7-3)8-4/h5-16,19H2,1-4H3. The number of nitrogens with two attached hydrogens (primary N) is 1. The van der Waals surface area contributed by atoms with E-state index in [-0.39, 0.29) is 5.91 Å². The molecule has 0 aliphatic heterocycles. The lowest BCUT2D eigenvalue weighted by atomic mass is 9.92. The molecule has 0 radical (unpaired) electrons. The zero-order valence-electron chi connectivity index (χ0n) is 14.9. The van der Waals surface area contributed by atoms with Gasteiger partial charge in [0.05, 0.1) is 5.54 Å². The van der Waals surface area contributed by atoms with Gasteiger partial charge in [-0.05, 0) is 25.7 Å². The number of nitrogens with zero attached hydrogens (tertiary/aromatic N) is 1. The van der Waals surface area contributed by atoms with Crippen molar-refractivity contribution in [3.05, 3.63) is 0 Å². The van der Waals surface area contributed by atoms with Crippen LogP contribution in [0.3, 0.4) is 0 Å². The summed E-state index contributed by atoms with van der Waals surface area (Å²) >= 11 is 0. The quantitative estimate of drug-likeness (QED) is 0.509. The summed E-state index contributed by atoms with van der Waals surface area (Å²) in [6.45, 7) is 10.2. The number of hydrogen-bond acceptors (Lipinski definition) is 2. The van der Waals surface area contributed by atoms with Gasteiger partial charge in [-0.1, -0.05) is 66.2 Å². The van der Waals surface area contributed by atoms with Crippen molar-refractivity contribution in [2.24, 2.45) is 5.73 Å². The fourth-order valence-corrected chi connectivity index (χ4v) is 2.64. The molecule has 126 valence electrons. The fourth-order valence-electron chi connectivity index (χ4n) is 2.64. The summed E-state index contributed by atoms with van der Waals surface area (Å²) in [7, 11) is 0. The Kier molecular flexibility index (Phi) is 11.7. The SMILES string of the molecule is CCCCCCN(CCCCCC)C(=O)C(N)(CC)CC. The minimum Gasteiger partial charge on any atom is -0.341 e. The van der Waals surface area contributed by atoms with Crippen molar-refractivity contribution in [1.82, 2.24) is 4.90 Å². The molecule has 0 bridgehead atoms. The van der Waals surface area contributed by atoms with E-state index in [1.54, 1.807) is 0 Å². The maximum Gasteiger partial charge on any atom is 0.242 e. The van der Waals surface area contributed by atoms with E-state index >= 15 is 0 Å². The van der Waals surface area contributed by atoms with Crippen LogP contribution in [0.2, 0.25) is 0 Å². The molecule has 0 rings (SSSR count). The first-order valence-corrected chi connectivity index (χ1v) is 9.13. The molecular weight excluding hydrogens is 260 g/mol. The van der Waals surface area contributed by atoms with Crippen LogP contribution in [0.5, 0.6) is 0 Å². The number of carbonyl (C=O) groups is 1. The van der Waals surface area contributed by atoms with Gasteiger partial charge in [-0.2, -0.15) is 0 Å². The van der Waals surface area contributed by atoms with E-state index < -0.39 is 5.54 Å². The lowest BCUT2D eigenvalue weighted by Crippen LogP contribution is -2.55. The van der Waals surface area contributed by atoms with Crippen LogP contribution < -0.4 is 5.73 Å². The third-order valence-electron chi connectivity index (χ3n) is 4.54. The predicted molar refractivity (Wildman–Crippen MR) is 92.4 cm³/mol. The molecule has 0 saturated carbocycles. The number of hydrogen-bond donors (Lipinski definition) is 1. The molecule has 0 aliphatic rings. The molecule has 2 N–H and O–H groups in total. The van der Waals surface area contributed by atoms with Crippen LogP contribution >= 0.6 is 0 Å². The highest BCUT2D eigenvalue weighted by Gasteiger charge is 2.33. The second-order valence-electron chi connectivity index (χ2n) is 6.28. The van der Waals surface area contributed by atoms with Gasteiger partial charge in [-0.25, -0.2) is 0 Å². The Labute approximate surface area is 132 Å². The van der Waals surface area contributed by atoms with Crippen LogP contribution in [0.25, 0.3) is 0 Å². The molecule has 1 amide bonds. The summed E-state index contributed by atoms with van der Waals surface area (Å²) in [5.41, 5.74) is 5.65. The maximum atomic E-state index is 12.8. The van der Waals surface area contributed by atoms with Gasteiger partial charge in [0.1, 0.15) is 0 Å². The van der Waals surface area contributed by atoms with Crippen molar-refractivity contribution in [2.45, 2.75) is 97.4 Å². The summed E-state index contributed by atoms with van der Waals surface area (Å²) in [6, 6.07) is 0. The van der Waals surface area contributed by atoms with Gasteiger partial charge in [-0.15, -0.1) is 0 Å². The van der Waals surface area contributed by atoms with Crippen molar-refractivity contribution in [1.29, 1.82) is 0 Å². The number of rotatable bonds is 13. The Bertz CT molecular complexity index is 250. The summed E-state index contributed by atoms with van der Waals surface area (Å²) in [5.74, 6) is 0.167. The Morgan fingerprint density at radius 1 is 0.810 bits per heavy atom. The molecule has 21 heavy (non-hydrogen) atoms. The van der Waals surface area contributed by atoms with E-state index in [0.29, 0.717) is 0 Å². The van der Waals surface area contributed by atoms with E-state index in [2.05, 4.69) is 13.8 Å². The molecule has 0 aromatic rings. The van der Waals surface area contributed by atoms with Crippen LogP contribution in [0.1, 0.15) is 91.9 Å². The molecule has 0 fully saturated rings. The van der Waals surface area contributed by atoms with Crippen molar-refractivity contribution >= 4 is 5.91 Å². The summed E-state index contributed by atoms with van der Waals surface area (Å²) in [5, 5.41) is 0. The van der Waals surface area contributed by atoms with Gasteiger partial charge in [0.2, 0.25) is 5.91 Å². The molecule has 0 heterocycles. The lowest BCUT2D eigenvalue weighted by Gasteiger charge is -2.33. The average Bonchev–Trinajstić information content (AvgIpc) is 2.52. The van der Waals surface area contributed by atoms with Crippen LogP contribution in [-0.2, 0) is 4.79 Å². The van der Waals surface area contributed by atoms with Crippen LogP contribution in [0.15, 0.2) is 0 Å². The molecule has 0 aliphatic carbocycles. The first-order chi connectivity index (χ1) is 10.1. The highest BCUT2D eigenvalue weighted by atomic mass is 16.2. The molecule has 0 aromatic carbocycles. The first kappa shape index (κ1) is 20.4. The third-order valence-corrected chi connectivity index (χ3v) is 4.54. The van der Waals surface area contributed by atoms with Crippen molar-refractivity contribution in [3.63, 3.8) is 0 Å². The third kappa shape index (κ3) is 7.85. The molecule has 0 aromatic heterocycles. The number of carbonyl (C=O) groups excluding carboxylic acids is 1. The molecule has 3 nitrogen and oxygen atoms in total. The topological polar surface area (TPSA) is 46.3 Å².